The van der Waals surface area contributed by atoms with Crippen LogP contribution >= 0.6 is 15.6 Å². The lowest BCUT2D eigenvalue weighted by atomic mass is 10.0. The predicted octanol–water partition coefficient (Wildman–Crippen LogP) is 24.4. The zero-order valence-corrected chi connectivity index (χ0v) is 68.3. The van der Waals surface area contributed by atoms with E-state index in [9.17, 15) is 43.2 Å². The molecular weight excluding hydrogens is 1320 g/mol. The molecule has 19 heteroatoms. The Labute approximate surface area is 619 Å². The number of phosphoric acid groups is 2. The summed E-state index contributed by atoms with van der Waals surface area (Å²) in [4.78, 5) is 73.1. The molecule has 17 nitrogen and oxygen atoms in total. The first-order valence-electron chi connectivity index (χ1n) is 42.2. The summed E-state index contributed by atoms with van der Waals surface area (Å²) in [5, 5.41) is 10.7. The second-order valence-electron chi connectivity index (χ2n) is 31.4. The zero-order valence-electron chi connectivity index (χ0n) is 66.5. The van der Waals surface area contributed by atoms with Crippen LogP contribution in [-0.2, 0) is 65.4 Å². The van der Waals surface area contributed by atoms with Crippen molar-refractivity contribution in [2.45, 2.75) is 440 Å². The molecule has 0 aliphatic rings. The van der Waals surface area contributed by atoms with Crippen LogP contribution in [0.4, 0.5) is 0 Å². The molecule has 5 atom stereocenters. The molecule has 0 aromatic rings. The van der Waals surface area contributed by atoms with Gasteiger partial charge in [-0.2, -0.15) is 0 Å². The molecule has 0 aromatic carbocycles. The van der Waals surface area contributed by atoms with Crippen molar-refractivity contribution in [3.8, 4) is 0 Å². The van der Waals surface area contributed by atoms with Crippen molar-refractivity contribution < 1.29 is 80.2 Å². The fourth-order valence-corrected chi connectivity index (χ4v) is 14.2. The van der Waals surface area contributed by atoms with Crippen LogP contribution in [0.15, 0.2) is 0 Å². The Bertz CT molecular complexity index is 1970. The number of esters is 4. The number of aliphatic hydroxyl groups is 1. The van der Waals surface area contributed by atoms with Crippen LogP contribution in [0.5, 0.6) is 0 Å². The lowest BCUT2D eigenvalue weighted by molar-refractivity contribution is -0.161. The fraction of sp³-hybridized carbons (Fsp3) is 0.951. The van der Waals surface area contributed by atoms with Crippen LogP contribution in [0, 0.1) is 23.7 Å². The fourth-order valence-electron chi connectivity index (χ4n) is 12.6. The summed E-state index contributed by atoms with van der Waals surface area (Å²) >= 11 is 0. The maximum Gasteiger partial charge on any atom is 0.472 e. The Morgan fingerprint density at radius 1 is 0.248 bits per heavy atom. The van der Waals surface area contributed by atoms with E-state index >= 15 is 0 Å². The van der Waals surface area contributed by atoms with Crippen LogP contribution in [-0.4, -0.2) is 96.7 Å². The average Bonchev–Trinajstić information content (AvgIpc) is 1.02. The van der Waals surface area contributed by atoms with Gasteiger partial charge in [-0.05, 0) is 49.4 Å². The minimum absolute atomic E-state index is 0.106. The van der Waals surface area contributed by atoms with Crippen molar-refractivity contribution in [1.29, 1.82) is 0 Å². The van der Waals surface area contributed by atoms with E-state index in [1.807, 2.05) is 0 Å². The molecule has 600 valence electrons. The number of carbonyl (C=O) groups excluding carboxylic acids is 4. The Balaban J connectivity index is 5.27. The van der Waals surface area contributed by atoms with E-state index in [0.717, 1.165) is 114 Å². The molecular formula is C82H160O17P2. The summed E-state index contributed by atoms with van der Waals surface area (Å²) in [6, 6.07) is 0. The Kier molecular flexibility index (Phi) is 69.6. The Hall–Kier alpha value is -1.94. The first kappa shape index (κ1) is 99.1. The summed E-state index contributed by atoms with van der Waals surface area (Å²) < 4.78 is 68.8. The van der Waals surface area contributed by atoms with Gasteiger partial charge in [0.2, 0.25) is 0 Å². The molecule has 0 aliphatic heterocycles. The standard InChI is InChI=1S/C82H160O17P2/c1-72(2)58-50-42-34-26-19-14-10-9-11-17-23-31-40-48-56-64-81(86)98-77(68-92-79(84)62-54-46-38-30-22-16-13-12-15-20-27-35-43-51-59-73(3)4)70-96-100(88,89)94-66-76(83)67-95-101(90,91)97-71-78(69-93-80(85)63-55-47-39-33-25-29-37-45-53-61-75(7)8)99-82(87)65-57-49-41-32-24-18-21-28-36-44-52-60-74(5)6/h72-78,83H,9-71H2,1-8H3,(H,88,89)(H,90,91)/t76-,77-,78-/m1/s1. The molecule has 0 radical (unpaired) electrons. The van der Waals surface area contributed by atoms with Gasteiger partial charge in [-0.15, -0.1) is 0 Å². The van der Waals surface area contributed by atoms with Crippen molar-refractivity contribution >= 4 is 39.5 Å². The van der Waals surface area contributed by atoms with Gasteiger partial charge in [-0.1, -0.05) is 370 Å². The molecule has 0 rings (SSSR count). The van der Waals surface area contributed by atoms with Crippen molar-refractivity contribution in [3.05, 3.63) is 0 Å². The zero-order chi connectivity index (χ0) is 74.6. The van der Waals surface area contributed by atoms with Gasteiger partial charge in [0.15, 0.2) is 12.2 Å². The highest BCUT2D eigenvalue weighted by molar-refractivity contribution is 7.47. The normalized spacial score (nSPS) is 14.0. The number of hydrogen-bond acceptors (Lipinski definition) is 15. The molecule has 0 aromatic heterocycles. The van der Waals surface area contributed by atoms with Gasteiger partial charge < -0.3 is 33.8 Å². The summed E-state index contributed by atoms with van der Waals surface area (Å²) in [6.07, 6.45) is 58.2. The van der Waals surface area contributed by atoms with Gasteiger partial charge in [-0.3, -0.25) is 37.3 Å². The van der Waals surface area contributed by atoms with Crippen LogP contribution in [0.2, 0.25) is 0 Å². The van der Waals surface area contributed by atoms with E-state index in [-0.39, 0.29) is 25.7 Å². The molecule has 101 heavy (non-hydrogen) atoms. The highest BCUT2D eigenvalue weighted by Gasteiger charge is 2.30. The number of carbonyl (C=O) groups is 4. The molecule has 0 spiro atoms. The molecule has 2 unspecified atom stereocenters. The second-order valence-corrected chi connectivity index (χ2v) is 34.3. The number of ether oxygens (including phenoxy) is 4. The van der Waals surface area contributed by atoms with Crippen molar-refractivity contribution in [2.24, 2.45) is 23.7 Å². The van der Waals surface area contributed by atoms with E-state index in [4.69, 9.17) is 37.0 Å². The quantitative estimate of drug-likeness (QED) is 0.0222. The van der Waals surface area contributed by atoms with Gasteiger partial charge in [0.05, 0.1) is 26.4 Å². The molecule has 0 aliphatic carbocycles. The van der Waals surface area contributed by atoms with Gasteiger partial charge >= 0.3 is 39.5 Å². The smallest absolute Gasteiger partial charge is 0.462 e. The molecule has 0 saturated carbocycles. The second kappa shape index (κ2) is 71.0. The lowest BCUT2D eigenvalue weighted by Crippen LogP contribution is -2.30. The van der Waals surface area contributed by atoms with Gasteiger partial charge in [0.25, 0.3) is 0 Å². The number of unbranched alkanes of at least 4 members (excludes halogenated alkanes) is 45. The van der Waals surface area contributed by atoms with Crippen LogP contribution in [0.3, 0.4) is 0 Å². The van der Waals surface area contributed by atoms with Crippen LogP contribution in [0.25, 0.3) is 0 Å². The van der Waals surface area contributed by atoms with Gasteiger partial charge in [0.1, 0.15) is 19.3 Å². The first-order chi connectivity index (χ1) is 48.6. The van der Waals surface area contributed by atoms with Crippen molar-refractivity contribution in [1.82, 2.24) is 0 Å². The predicted molar refractivity (Wildman–Crippen MR) is 414 cm³/mol. The monoisotopic (exact) mass is 1480 g/mol. The SMILES string of the molecule is CC(C)CCCCCCCCCCCCCCCCCC(=O)O[C@H](COC(=O)CCCCCCCCCCCCCCCCC(C)C)COP(=O)(O)OC[C@@H](O)COP(=O)(O)OC[C@@H](COC(=O)CCCCCCCCCCCC(C)C)OC(=O)CCCCCCCCCCCCCC(C)C. The Morgan fingerprint density at radius 2 is 0.416 bits per heavy atom. The number of phosphoric ester groups is 2. The van der Waals surface area contributed by atoms with Crippen molar-refractivity contribution in [2.75, 3.05) is 39.6 Å². The van der Waals surface area contributed by atoms with Gasteiger partial charge in [-0.25, -0.2) is 9.13 Å². The lowest BCUT2D eigenvalue weighted by Gasteiger charge is -2.21. The van der Waals surface area contributed by atoms with E-state index < -0.39 is 97.5 Å². The van der Waals surface area contributed by atoms with E-state index in [0.29, 0.717) is 25.7 Å². The third-order valence-corrected chi connectivity index (χ3v) is 21.0. The molecule has 3 N–H and O–H groups in total. The molecule has 0 saturated heterocycles. The van der Waals surface area contributed by atoms with E-state index in [1.54, 1.807) is 0 Å². The highest BCUT2D eigenvalue weighted by atomic mass is 31.2. The number of aliphatic hydroxyl groups excluding tert-OH is 1. The third-order valence-electron chi connectivity index (χ3n) is 19.1. The minimum atomic E-state index is -4.96. The van der Waals surface area contributed by atoms with Crippen LogP contribution in [0.1, 0.15) is 421 Å². The minimum Gasteiger partial charge on any atom is -0.462 e. The van der Waals surface area contributed by atoms with Crippen molar-refractivity contribution in [3.63, 3.8) is 0 Å². The average molecular weight is 1480 g/mol. The van der Waals surface area contributed by atoms with Gasteiger partial charge in [0, 0.05) is 25.7 Å². The molecule has 0 amide bonds. The van der Waals surface area contributed by atoms with E-state index in [2.05, 4.69) is 55.4 Å². The number of rotatable bonds is 79. The Morgan fingerprint density at radius 3 is 0.614 bits per heavy atom. The maximum absolute atomic E-state index is 13.1. The third kappa shape index (κ3) is 76.1. The number of hydrogen-bond donors (Lipinski definition) is 3. The molecule has 0 heterocycles. The topological polar surface area (TPSA) is 237 Å². The molecule has 0 bridgehead atoms. The largest absolute Gasteiger partial charge is 0.472 e. The summed E-state index contributed by atoms with van der Waals surface area (Å²) in [5.74, 6) is 0.999. The van der Waals surface area contributed by atoms with E-state index in [1.165, 1.54) is 225 Å². The molecule has 0 fully saturated rings. The van der Waals surface area contributed by atoms with Crippen LogP contribution < -0.4 is 0 Å². The summed E-state index contributed by atoms with van der Waals surface area (Å²) in [6.45, 7) is 14.3. The summed E-state index contributed by atoms with van der Waals surface area (Å²) in [5.41, 5.74) is 0. The maximum atomic E-state index is 13.1. The highest BCUT2D eigenvalue weighted by Crippen LogP contribution is 2.45. The summed E-state index contributed by atoms with van der Waals surface area (Å²) in [7, 11) is -9.92. The first-order valence-corrected chi connectivity index (χ1v) is 45.2.